The molecule has 64 valence electrons. The summed E-state index contributed by atoms with van der Waals surface area (Å²) in [7, 11) is 0. The molecule has 0 bridgehead atoms. The maximum atomic E-state index is 10.7. The Labute approximate surface area is 71.4 Å². The zero-order chi connectivity index (χ0) is 8.97. The topological polar surface area (TPSA) is 35.5 Å². The van der Waals surface area contributed by atoms with Crippen molar-refractivity contribution in [2.24, 2.45) is 0 Å². The Kier molecular flexibility index (Phi) is 3.03. The van der Waals surface area contributed by atoms with Crippen LogP contribution >= 0.6 is 0 Å². The van der Waals surface area contributed by atoms with Crippen molar-refractivity contribution in [2.75, 3.05) is 6.61 Å². The fourth-order valence-corrected chi connectivity index (χ4v) is 0.779. The van der Waals surface area contributed by atoms with Gasteiger partial charge in [-0.05, 0) is 19.1 Å². The van der Waals surface area contributed by atoms with Gasteiger partial charge in [0, 0.05) is 0 Å². The van der Waals surface area contributed by atoms with Crippen molar-refractivity contribution in [1.82, 2.24) is 0 Å². The highest BCUT2D eigenvalue weighted by molar-refractivity contribution is 5.91. The van der Waals surface area contributed by atoms with Crippen LogP contribution in [0.1, 0.15) is 6.92 Å². The Hall–Kier alpha value is -1.11. The summed E-state index contributed by atoms with van der Waals surface area (Å²) >= 11 is 0. The van der Waals surface area contributed by atoms with E-state index in [-0.39, 0.29) is 18.5 Å². The maximum absolute atomic E-state index is 10.7. The molecule has 0 aliphatic carbocycles. The van der Waals surface area contributed by atoms with Crippen molar-refractivity contribution in [3.05, 3.63) is 12.2 Å². The number of ketones is 1. The molecule has 1 rings (SSSR count). The van der Waals surface area contributed by atoms with Crippen LogP contribution in [0.15, 0.2) is 12.2 Å². The molecule has 0 radical (unpaired) electrons. The Morgan fingerprint density at radius 3 is 3.17 bits per heavy atom. The minimum Gasteiger partial charge on any atom is -0.341 e. The first kappa shape index (κ1) is 8.98. The highest BCUT2D eigenvalue weighted by Crippen LogP contribution is 2.06. The smallest absolute Gasteiger partial charge is 0.181 e. The van der Waals surface area contributed by atoms with E-state index in [4.69, 9.17) is 15.9 Å². The van der Waals surface area contributed by atoms with Crippen LogP contribution in [0.5, 0.6) is 0 Å². The van der Waals surface area contributed by atoms with E-state index in [2.05, 4.69) is 5.92 Å². The fraction of sp³-hybridized carbons (Fsp3) is 0.444. The molecule has 1 aliphatic heterocycles. The molecule has 0 fully saturated rings. The number of ether oxygens (including phenoxy) is 2. The van der Waals surface area contributed by atoms with E-state index in [1.54, 1.807) is 13.0 Å². The van der Waals surface area contributed by atoms with Crippen LogP contribution in [0.3, 0.4) is 0 Å². The van der Waals surface area contributed by atoms with Gasteiger partial charge in [0.2, 0.25) is 0 Å². The zero-order valence-electron chi connectivity index (χ0n) is 6.82. The van der Waals surface area contributed by atoms with Crippen LogP contribution in [0.2, 0.25) is 0 Å². The van der Waals surface area contributed by atoms with Crippen molar-refractivity contribution in [3.8, 4) is 12.3 Å². The van der Waals surface area contributed by atoms with Gasteiger partial charge in [-0.1, -0.05) is 5.92 Å². The summed E-state index contributed by atoms with van der Waals surface area (Å²) in [5.41, 5.74) is 0. The summed E-state index contributed by atoms with van der Waals surface area (Å²) in [6.45, 7) is 1.81. The van der Waals surface area contributed by atoms with Gasteiger partial charge in [-0.2, -0.15) is 0 Å². The Balaban J connectivity index is 2.41. The van der Waals surface area contributed by atoms with Gasteiger partial charge in [0.05, 0.1) is 0 Å². The molecule has 12 heavy (non-hydrogen) atoms. The SMILES string of the molecule is C#C[C@H](C)O[C@@H]1C=CC(=O)CO1. The number of carbonyl (C=O) groups excluding carboxylic acids is 1. The normalized spacial score (nSPS) is 25.0. The Bertz CT molecular complexity index is 237. The number of carbonyl (C=O) groups is 1. The largest absolute Gasteiger partial charge is 0.341 e. The molecule has 2 atom stereocenters. The lowest BCUT2D eigenvalue weighted by Gasteiger charge is -2.18. The van der Waals surface area contributed by atoms with Crippen molar-refractivity contribution < 1.29 is 14.3 Å². The third-order valence-corrected chi connectivity index (χ3v) is 1.40. The van der Waals surface area contributed by atoms with Gasteiger partial charge < -0.3 is 9.47 Å². The van der Waals surface area contributed by atoms with E-state index in [0.29, 0.717) is 0 Å². The number of terminal acetylenes is 1. The molecule has 3 nitrogen and oxygen atoms in total. The molecule has 0 aromatic carbocycles. The van der Waals surface area contributed by atoms with E-state index in [0.717, 1.165) is 0 Å². The van der Waals surface area contributed by atoms with Gasteiger partial charge in [0.25, 0.3) is 0 Å². The minimum atomic E-state index is -0.478. The van der Waals surface area contributed by atoms with Gasteiger partial charge in [0.1, 0.15) is 12.7 Å². The van der Waals surface area contributed by atoms with Crippen LogP contribution in [-0.2, 0) is 14.3 Å². The van der Waals surface area contributed by atoms with E-state index in [9.17, 15) is 4.79 Å². The standard InChI is InChI=1S/C9H10O3/c1-3-7(2)12-9-5-4-8(10)6-11-9/h1,4-5,7,9H,6H2,2H3/t7-,9+/m0/s1. The number of hydrogen-bond acceptors (Lipinski definition) is 3. The molecule has 0 spiro atoms. The monoisotopic (exact) mass is 166 g/mol. The molecule has 1 aliphatic rings. The molecule has 0 amide bonds. The lowest BCUT2D eigenvalue weighted by atomic mass is 10.3. The molecule has 0 aromatic heterocycles. The molecule has 0 aromatic rings. The second-order valence-electron chi connectivity index (χ2n) is 2.45. The van der Waals surface area contributed by atoms with Crippen LogP contribution in [-0.4, -0.2) is 24.8 Å². The van der Waals surface area contributed by atoms with Gasteiger partial charge in [-0.25, -0.2) is 0 Å². The second-order valence-corrected chi connectivity index (χ2v) is 2.45. The maximum Gasteiger partial charge on any atom is 0.181 e. The van der Waals surface area contributed by atoms with Crippen LogP contribution < -0.4 is 0 Å². The first-order valence-corrected chi connectivity index (χ1v) is 3.66. The van der Waals surface area contributed by atoms with Crippen molar-refractivity contribution in [1.29, 1.82) is 0 Å². The van der Waals surface area contributed by atoms with Gasteiger partial charge >= 0.3 is 0 Å². The molecule has 0 N–H and O–H groups in total. The van der Waals surface area contributed by atoms with E-state index in [1.807, 2.05) is 0 Å². The summed E-state index contributed by atoms with van der Waals surface area (Å²) in [4.78, 5) is 10.7. The summed E-state index contributed by atoms with van der Waals surface area (Å²) in [5.74, 6) is 2.35. The average molecular weight is 166 g/mol. The molecule has 1 heterocycles. The van der Waals surface area contributed by atoms with E-state index in [1.165, 1.54) is 6.08 Å². The Morgan fingerprint density at radius 1 is 1.92 bits per heavy atom. The number of hydrogen-bond donors (Lipinski definition) is 0. The molecular weight excluding hydrogens is 156 g/mol. The molecular formula is C9H10O3. The van der Waals surface area contributed by atoms with Gasteiger partial charge in [-0.3, -0.25) is 4.79 Å². The van der Waals surface area contributed by atoms with Crippen molar-refractivity contribution in [2.45, 2.75) is 19.3 Å². The quantitative estimate of drug-likeness (QED) is 0.560. The number of rotatable bonds is 2. The molecule has 3 heteroatoms. The van der Waals surface area contributed by atoms with Crippen molar-refractivity contribution in [3.63, 3.8) is 0 Å². The Morgan fingerprint density at radius 2 is 2.67 bits per heavy atom. The van der Waals surface area contributed by atoms with E-state index < -0.39 is 6.29 Å². The summed E-state index contributed by atoms with van der Waals surface area (Å²) in [6, 6.07) is 0. The first-order chi connectivity index (χ1) is 5.72. The zero-order valence-corrected chi connectivity index (χ0v) is 6.82. The summed E-state index contributed by atoms with van der Waals surface area (Å²) < 4.78 is 10.2. The van der Waals surface area contributed by atoms with Gasteiger partial charge in [-0.15, -0.1) is 6.42 Å². The van der Waals surface area contributed by atoms with Crippen LogP contribution in [0.25, 0.3) is 0 Å². The minimum absolute atomic E-state index is 0.0526. The lowest BCUT2D eigenvalue weighted by molar-refractivity contribution is -0.147. The van der Waals surface area contributed by atoms with E-state index >= 15 is 0 Å². The highest BCUT2D eigenvalue weighted by atomic mass is 16.7. The highest BCUT2D eigenvalue weighted by Gasteiger charge is 2.14. The molecule has 0 saturated carbocycles. The fourth-order valence-electron chi connectivity index (χ4n) is 0.779. The van der Waals surface area contributed by atoms with Gasteiger partial charge in [0.15, 0.2) is 12.1 Å². The summed E-state index contributed by atoms with van der Waals surface area (Å²) in [6.07, 6.45) is 7.32. The van der Waals surface area contributed by atoms with Crippen molar-refractivity contribution >= 4 is 5.78 Å². The predicted octanol–water partition coefficient (Wildman–Crippen LogP) is 0.506. The predicted molar refractivity (Wildman–Crippen MR) is 43.3 cm³/mol. The van der Waals surface area contributed by atoms with Crippen LogP contribution in [0, 0.1) is 12.3 Å². The third-order valence-electron chi connectivity index (χ3n) is 1.40. The molecule has 0 unspecified atom stereocenters. The third kappa shape index (κ3) is 2.50. The molecule has 0 saturated heterocycles. The first-order valence-electron chi connectivity index (χ1n) is 3.66. The van der Waals surface area contributed by atoms with Crippen LogP contribution in [0.4, 0.5) is 0 Å². The second kappa shape index (κ2) is 4.05. The summed E-state index contributed by atoms with van der Waals surface area (Å²) in [5, 5.41) is 0. The average Bonchev–Trinajstić information content (AvgIpc) is 2.09. The lowest BCUT2D eigenvalue weighted by Crippen LogP contribution is -2.26.